The van der Waals surface area contributed by atoms with Crippen LogP contribution in [0.3, 0.4) is 0 Å². The molecular weight excluding hydrogens is 442 g/mol. The van der Waals surface area contributed by atoms with Crippen molar-refractivity contribution in [3.8, 4) is 11.5 Å². The fourth-order valence-corrected chi connectivity index (χ4v) is 3.64. The third-order valence-electron chi connectivity index (χ3n) is 5.68. The van der Waals surface area contributed by atoms with E-state index in [1.54, 1.807) is 18.2 Å². The average molecular weight is 476 g/mol. The molecule has 3 aromatic rings. The van der Waals surface area contributed by atoms with Crippen LogP contribution >= 0.6 is 0 Å². The van der Waals surface area contributed by atoms with Gasteiger partial charge in [0.05, 0.1) is 14.2 Å². The third-order valence-corrected chi connectivity index (χ3v) is 5.68. The summed E-state index contributed by atoms with van der Waals surface area (Å²) in [5.41, 5.74) is 3.13. The smallest absolute Gasteiger partial charge is 0.252 e. The van der Waals surface area contributed by atoms with Crippen LogP contribution in [0.25, 0.3) is 0 Å². The zero-order chi connectivity index (χ0) is 25.4. The Labute approximate surface area is 206 Å². The summed E-state index contributed by atoms with van der Waals surface area (Å²) >= 11 is 0. The number of ether oxygens (including phenoxy) is 2. The molecule has 7 nitrogen and oxygen atoms in total. The predicted octanol–water partition coefficient (Wildman–Crippen LogP) is 5.27. The molecule has 0 aliphatic carbocycles. The van der Waals surface area contributed by atoms with Crippen LogP contribution in [-0.4, -0.2) is 32.1 Å². The van der Waals surface area contributed by atoms with E-state index in [-0.39, 0.29) is 23.8 Å². The highest BCUT2D eigenvalue weighted by molar-refractivity contribution is 6.01. The number of carbonyl (C=O) groups excluding carboxylic acids is 2. The van der Waals surface area contributed by atoms with Crippen LogP contribution in [0.5, 0.6) is 11.5 Å². The van der Waals surface area contributed by atoms with E-state index in [0.717, 1.165) is 5.69 Å². The number of hydrogen-bond acceptors (Lipinski definition) is 5. The summed E-state index contributed by atoms with van der Waals surface area (Å²) in [5, 5.41) is 9.20. The van der Waals surface area contributed by atoms with Crippen molar-refractivity contribution in [2.24, 2.45) is 5.92 Å². The van der Waals surface area contributed by atoms with Gasteiger partial charge in [-0.05, 0) is 54.8 Å². The first-order chi connectivity index (χ1) is 16.8. The molecule has 3 rings (SSSR count). The van der Waals surface area contributed by atoms with Crippen LogP contribution in [-0.2, 0) is 4.79 Å². The summed E-state index contributed by atoms with van der Waals surface area (Å²) in [6.07, 6.45) is 0. The molecule has 35 heavy (non-hydrogen) atoms. The highest BCUT2D eigenvalue weighted by atomic mass is 16.5. The number of anilines is 2. The Balaban J connectivity index is 1.65. The number of hydrogen-bond donors (Lipinski definition) is 3. The maximum atomic E-state index is 13.0. The summed E-state index contributed by atoms with van der Waals surface area (Å²) in [4.78, 5) is 25.9. The van der Waals surface area contributed by atoms with Gasteiger partial charge in [0.1, 0.15) is 17.5 Å². The van der Waals surface area contributed by atoms with E-state index in [1.165, 1.54) is 19.8 Å². The highest BCUT2D eigenvalue weighted by Crippen LogP contribution is 2.23. The molecule has 0 saturated heterocycles. The maximum absolute atomic E-state index is 13.0. The zero-order valence-corrected chi connectivity index (χ0v) is 20.8. The van der Waals surface area contributed by atoms with Gasteiger partial charge in [0, 0.05) is 29.0 Å². The molecule has 0 radical (unpaired) electrons. The van der Waals surface area contributed by atoms with Gasteiger partial charge in [-0.15, -0.1) is 0 Å². The van der Waals surface area contributed by atoms with E-state index in [2.05, 4.69) is 35.0 Å². The Bertz CT molecular complexity index is 1110. The molecule has 0 heterocycles. The fourth-order valence-electron chi connectivity index (χ4n) is 3.64. The number of benzene rings is 3. The van der Waals surface area contributed by atoms with Gasteiger partial charge in [-0.25, -0.2) is 0 Å². The van der Waals surface area contributed by atoms with E-state index < -0.39 is 6.04 Å². The standard InChI is InChI=1S/C28H33N3O4/c1-18(2)26(31-27(32)21-15-24(34-4)17-25(16-21)35-5)28(33)30-23-13-11-22(12-14-23)29-19(3)20-9-7-6-8-10-20/h6-19,26,29H,1-5H3,(H,30,33)(H,31,32)/t19-,26+/m1/s1. The second-order valence-electron chi connectivity index (χ2n) is 8.64. The predicted molar refractivity (Wildman–Crippen MR) is 139 cm³/mol. The van der Waals surface area contributed by atoms with Gasteiger partial charge in [0.2, 0.25) is 5.91 Å². The minimum absolute atomic E-state index is 0.126. The third kappa shape index (κ3) is 6.99. The lowest BCUT2D eigenvalue weighted by Crippen LogP contribution is -2.47. The molecule has 3 aromatic carbocycles. The molecule has 0 spiro atoms. The first kappa shape index (κ1) is 25.6. The summed E-state index contributed by atoms with van der Waals surface area (Å²) in [7, 11) is 3.04. The van der Waals surface area contributed by atoms with Crippen LogP contribution in [0, 0.1) is 5.92 Å². The van der Waals surface area contributed by atoms with Crippen LogP contribution < -0.4 is 25.4 Å². The second-order valence-corrected chi connectivity index (χ2v) is 8.64. The van der Waals surface area contributed by atoms with Crippen molar-refractivity contribution >= 4 is 23.2 Å². The molecule has 7 heteroatoms. The van der Waals surface area contributed by atoms with Crippen molar-refractivity contribution in [3.63, 3.8) is 0 Å². The van der Waals surface area contributed by atoms with Crippen LogP contribution in [0.2, 0.25) is 0 Å². The largest absolute Gasteiger partial charge is 0.497 e. The Morgan fingerprint density at radius 1 is 0.771 bits per heavy atom. The minimum atomic E-state index is -0.726. The van der Waals surface area contributed by atoms with Crippen molar-refractivity contribution in [1.82, 2.24) is 5.32 Å². The highest BCUT2D eigenvalue weighted by Gasteiger charge is 2.25. The molecule has 2 atom stereocenters. The van der Waals surface area contributed by atoms with Gasteiger partial charge in [-0.2, -0.15) is 0 Å². The Hall–Kier alpha value is -4.00. The molecule has 0 saturated carbocycles. The van der Waals surface area contributed by atoms with E-state index in [0.29, 0.717) is 22.7 Å². The van der Waals surface area contributed by atoms with Gasteiger partial charge in [0.25, 0.3) is 5.91 Å². The van der Waals surface area contributed by atoms with E-state index >= 15 is 0 Å². The quantitative estimate of drug-likeness (QED) is 0.372. The number of amides is 2. The molecule has 0 unspecified atom stereocenters. The monoisotopic (exact) mass is 475 g/mol. The van der Waals surface area contributed by atoms with Crippen LogP contribution in [0.1, 0.15) is 42.7 Å². The number of methoxy groups -OCH3 is 2. The van der Waals surface area contributed by atoms with Crippen molar-refractivity contribution in [2.45, 2.75) is 32.9 Å². The normalized spacial score (nSPS) is 12.4. The summed E-state index contributed by atoms with van der Waals surface area (Å²) in [6.45, 7) is 5.86. The van der Waals surface area contributed by atoms with Crippen molar-refractivity contribution in [3.05, 3.63) is 83.9 Å². The Kier molecular flexibility index (Phi) is 8.73. The van der Waals surface area contributed by atoms with E-state index in [9.17, 15) is 9.59 Å². The second kappa shape index (κ2) is 11.9. The van der Waals surface area contributed by atoms with E-state index in [4.69, 9.17) is 9.47 Å². The van der Waals surface area contributed by atoms with Gasteiger partial charge < -0.3 is 25.4 Å². The molecule has 0 bridgehead atoms. The van der Waals surface area contributed by atoms with Gasteiger partial charge in [-0.1, -0.05) is 44.2 Å². The fraction of sp³-hybridized carbons (Fsp3) is 0.286. The Morgan fingerprint density at radius 2 is 1.34 bits per heavy atom. The Morgan fingerprint density at radius 3 is 1.89 bits per heavy atom. The molecular formula is C28H33N3O4. The summed E-state index contributed by atoms with van der Waals surface area (Å²) < 4.78 is 10.5. The van der Waals surface area contributed by atoms with E-state index in [1.807, 2.05) is 56.3 Å². The van der Waals surface area contributed by atoms with Crippen molar-refractivity contribution in [2.75, 3.05) is 24.9 Å². The maximum Gasteiger partial charge on any atom is 0.252 e. The summed E-state index contributed by atoms with van der Waals surface area (Å²) in [6, 6.07) is 22.0. The first-order valence-electron chi connectivity index (χ1n) is 11.6. The molecule has 0 aliphatic rings. The van der Waals surface area contributed by atoms with Crippen molar-refractivity contribution < 1.29 is 19.1 Å². The van der Waals surface area contributed by atoms with Crippen LogP contribution in [0.4, 0.5) is 11.4 Å². The van der Waals surface area contributed by atoms with Crippen LogP contribution in [0.15, 0.2) is 72.8 Å². The molecule has 0 aliphatic heterocycles. The molecule has 3 N–H and O–H groups in total. The first-order valence-corrected chi connectivity index (χ1v) is 11.6. The molecule has 2 amide bonds. The topological polar surface area (TPSA) is 88.7 Å². The lowest BCUT2D eigenvalue weighted by atomic mass is 10.0. The number of rotatable bonds is 10. The molecule has 0 fully saturated rings. The summed E-state index contributed by atoms with van der Waals surface area (Å²) in [5.74, 6) is 0.192. The van der Waals surface area contributed by atoms with Gasteiger partial charge >= 0.3 is 0 Å². The van der Waals surface area contributed by atoms with Gasteiger partial charge in [-0.3, -0.25) is 9.59 Å². The minimum Gasteiger partial charge on any atom is -0.497 e. The van der Waals surface area contributed by atoms with Crippen molar-refractivity contribution in [1.29, 1.82) is 0 Å². The average Bonchev–Trinajstić information content (AvgIpc) is 2.88. The molecule has 184 valence electrons. The molecule has 0 aromatic heterocycles. The SMILES string of the molecule is COc1cc(OC)cc(C(=O)N[C@H](C(=O)Nc2ccc(N[C@H](C)c3ccccc3)cc2)C(C)C)c1. The number of carbonyl (C=O) groups is 2. The van der Waals surface area contributed by atoms with Gasteiger partial charge in [0.15, 0.2) is 0 Å². The number of nitrogens with one attached hydrogen (secondary N) is 3. The lowest BCUT2D eigenvalue weighted by molar-refractivity contribution is -0.118. The zero-order valence-electron chi connectivity index (χ0n) is 20.8. The lowest BCUT2D eigenvalue weighted by Gasteiger charge is -2.22.